The van der Waals surface area contributed by atoms with Crippen molar-refractivity contribution in [1.82, 2.24) is 10.6 Å². The predicted molar refractivity (Wildman–Crippen MR) is 79.6 cm³/mol. The molecule has 1 amide bonds. The van der Waals surface area contributed by atoms with E-state index in [1.165, 1.54) is 0 Å². The van der Waals surface area contributed by atoms with E-state index in [1.54, 1.807) is 25.3 Å². The molecule has 0 aliphatic heterocycles. The second-order valence-corrected chi connectivity index (χ2v) is 4.47. The molecule has 0 spiro atoms. The van der Waals surface area contributed by atoms with Crippen LogP contribution in [0.3, 0.4) is 0 Å². The number of likely N-dealkylation sites (N-methyl/N-ethyl adjacent to an activating group) is 1. The van der Waals surface area contributed by atoms with Crippen molar-refractivity contribution in [3.8, 4) is 11.5 Å². The van der Waals surface area contributed by atoms with Crippen LogP contribution in [0.2, 0.25) is 0 Å². The van der Waals surface area contributed by atoms with Gasteiger partial charge in [0.2, 0.25) is 0 Å². The zero-order valence-electron chi connectivity index (χ0n) is 12.7. The van der Waals surface area contributed by atoms with Crippen LogP contribution in [0.15, 0.2) is 18.2 Å². The molecule has 0 heterocycles. The number of amides is 1. The lowest BCUT2D eigenvalue weighted by atomic mass is 10.2. The highest BCUT2D eigenvalue weighted by molar-refractivity contribution is 5.94. The lowest BCUT2D eigenvalue weighted by Gasteiger charge is -2.14. The normalized spacial score (nSPS) is 11.8. The Bertz CT molecular complexity index is 435. The van der Waals surface area contributed by atoms with Gasteiger partial charge in [0, 0.05) is 18.2 Å². The Kier molecular flexibility index (Phi) is 6.87. The third kappa shape index (κ3) is 4.74. The van der Waals surface area contributed by atoms with Gasteiger partial charge in [-0.15, -0.1) is 0 Å². The highest BCUT2D eigenvalue weighted by atomic mass is 16.5. The molecule has 1 rings (SSSR count). The molecule has 20 heavy (non-hydrogen) atoms. The Balaban J connectivity index is 2.68. The van der Waals surface area contributed by atoms with Crippen LogP contribution in [0.4, 0.5) is 0 Å². The van der Waals surface area contributed by atoms with Crippen LogP contribution in [0.5, 0.6) is 11.5 Å². The number of hydrogen-bond acceptors (Lipinski definition) is 4. The summed E-state index contributed by atoms with van der Waals surface area (Å²) in [6.45, 7) is 8.00. The molecule has 0 aromatic heterocycles. The van der Waals surface area contributed by atoms with E-state index in [-0.39, 0.29) is 11.9 Å². The van der Waals surface area contributed by atoms with Gasteiger partial charge in [-0.1, -0.05) is 6.92 Å². The third-order valence-electron chi connectivity index (χ3n) is 2.85. The van der Waals surface area contributed by atoms with Gasteiger partial charge in [-0.25, -0.2) is 0 Å². The highest BCUT2D eigenvalue weighted by Crippen LogP contribution is 2.27. The molecule has 0 fully saturated rings. The number of nitrogens with one attached hydrogen (secondary N) is 2. The zero-order valence-corrected chi connectivity index (χ0v) is 12.7. The molecule has 0 unspecified atom stereocenters. The second-order valence-electron chi connectivity index (χ2n) is 4.47. The molecule has 5 nitrogen and oxygen atoms in total. The quantitative estimate of drug-likeness (QED) is 0.762. The molecule has 0 aliphatic rings. The summed E-state index contributed by atoms with van der Waals surface area (Å²) in [5.74, 6) is 1.10. The fourth-order valence-corrected chi connectivity index (χ4v) is 1.85. The highest BCUT2D eigenvalue weighted by Gasteiger charge is 2.11. The van der Waals surface area contributed by atoms with Gasteiger partial charge < -0.3 is 20.1 Å². The second kappa shape index (κ2) is 8.43. The van der Waals surface area contributed by atoms with Crippen molar-refractivity contribution in [3.63, 3.8) is 0 Å². The average Bonchev–Trinajstić information content (AvgIpc) is 2.45. The van der Waals surface area contributed by atoms with Gasteiger partial charge in [0.05, 0.1) is 13.7 Å². The summed E-state index contributed by atoms with van der Waals surface area (Å²) in [6, 6.07) is 5.43. The summed E-state index contributed by atoms with van der Waals surface area (Å²) in [5, 5.41) is 6.13. The molecule has 112 valence electrons. The molecule has 1 atom stereocenters. The molecule has 0 saturated heterocycles. The fourth-order valence-electron chi connectivity index (χ4n) is 1.85. The van der Waals surface area contributed by atoms with E-state index >= 15 is 0 Å². The van der Waals surface area contributed by atoms with Gasteiger partial charge in [0.15, 0.2) is 11.5 Å². The number of rotatable bonds is 8. The van der Waals surface area contributed by atoms with Crippen molar-refractivity contribution in [3.05, 3.63) is 23.8 Å². The van der Waals surface area contributed by atoms with E-state index in [9.17, 15) is 4.79 Å². The van der Waals surface area contributed by atoms with E-state index in [4.69, 9.17) is 9.47 Å². The summed E-state index contributed by atoms with van der Waals surface area (Å²) in [7, 11) is 1.56. The van der Waals surface area contributed by atoms with Crippen molar-refractivity contribution >= 4 is 5.91 Å². The first-order valence-corrected chi connectivity index (χ1v) is 6.94. The standard InChI is InChI=1S/C15H24N2O3/c1-5-16-11(3)10-17-15(18)12-7-8-13(20-6-2)14(9-12)19-4/h7-9,11,16H,5-6,10H2,1-4H3,(H,17,18)/t11-/m1/s1. The van der Waals surface area contributed by atoms with Gasteiger partial charge in [-0.3, -0.25) is 4.79 Å². The van der Waals surface area contributed by atoms with Crippen LogP contribution in [0.1, 0.15) is 31.1 Å². The van der Waals surface area contributed by atoms with Crippen LogP contribution >= 0.6 is 0 Å². The van der Waals surface area contributed by atoms with Crippen LogP contribution in [0, 0.1) is 0 Å². The van der Waals surface area contributed by atoms with Crippen molar-refractivity contribution in [2.75, 3.05) is 26.8 Å². The first-order chi connectivity index (χ1) is 9.62. The lowest BCUT2D eigenvalue weighted by Crippen LogP contribution is -2.38. The van der Waals surface area contributed by atoms with Crippen molar-refractivity contribution < 1.29 is 14.3 Å². The van der Waals surface area contributed by atoms with E-state index in [0.717, 1.165) is 6.54 Å². The Morgan fingerprint density at radius 2 is 2.05 bits per heavy atom. The molecule has 1 aromatic rings. The number of carbonyl (C=O) groups is 1. The largest absolute Gasteiger partial charge is 0.493 e. The number of methoxy groups -OCH3 is 1. The molecular formula is C15H24N2O3. The minimum Gasteiger partial charge on any atom is -0.493 e. The maximum absolute atomic E-state index is 12.1. The van der Waals surface area contributed by atoms with Crippen molar-refractivity contribution in [2.45, 2.75) is 26.8 Å². The van der Waals surface area contributed by atoms with Crippen molar-refractivity contribution in [2.24, 2.45) is 0 Å². The summed E-state index contributed by atoms with van der Waals surface area (Å²) in [4.78, 5) is 12.1. The Labute approximate surface area is 120 Å². The zero-order chi connectivity index (χ0) is 15.0. The maximum Gasteiger partial charge on any atom is 0.251 e. The minimum absolute atomic E-state index is 0.115. The van der Waals surface area contributed by atoms with Gasteiger partial charge >= 0.3 is 0 Å². The SMILES string of the molecule is CCN[C@H](C)CNC(=O)c1ccc(OCC)c(OC)c1. The van der Waals surface area contributed by atoms with Gasteiger partial charge in [-0.05, 0) is 38.6 Å². The molecule has 0 radical (unpaired) electrons. The van der Waals surface area contributed by atoms with Gasteiger partial charge in [0.25, 0.3) is 5.91 Å². The van der Waals surface area contributed by atoms with Crippen molar-refractivity contribution in [1.29, 1.82) is 0 Å². The minimum atomic E-state index is -0.115. The van der Waals surface area contributed by atoms with Crippen LogP contribution in [-0.4, -0.2) is 38.8 Å². The van der Waals surface area contributed by atoms with E-state index in [1.807, 2.05) is 20.8 Å². The van der Waals surface area contributed by atoms with E-state index in [2.05, 4.69) is 10.6 Å². The summed E-state index contributed by atoms with van der Waals surface area (Å²) >= 11 is 0. The molecule has 5 heteroatoms. The topological polar surface area (TPSA) is 59.6 Å². The van der Waals surface area contributed by atoms with Gasteiger partial charge in [-0.2, -0.15) is 0 Å². The number of hydrogen-bond donors (Lipinski definition) is 2. The predicted octanol–water partition coefficient (Wildman–Crippen LogP) is 1.82. The summed E-state index contributed by atoms with van der Waals surface area (Å²) in [6.07, 6.45) is 0. The Morgan fingerprint density at radius 3 is 2.65 bits per heavy atom. The van der Waals surface area contributed by atoms with Crippen LogP contribution in [-0.2, 0) is 0 Å². The number of carbonyl (C=O) groups excluding carboxylic acids is 1. The Morgan fingerprint density at radius 1 is 1.30 bits per heavy atom. The lowest BCUT2D eigenvalue weighted by molar-refractivity contribution is 0.0950. The number of benzene rings is 1. The molecule has 0 bridgehead atoms. The molecule has 0 saturated carbocycles. The van der Waals surface area contributed by atoms with Crippen LogP contribution < -0.4 is 20.1 Å². The fraction of sp³-hybridized carbons (Fsp3) is 0.533. The first kappa shape index (κ1) is 16.3. The van der Waals surface area contributed by atoms with E-state index < -0.39 is 0 Å². The number of ether oxygens (including phenoxy) is 2. The molecule has 0 aliphatic carbocycles. The Hall–Kier alpha value is -1.75. The summed E-state index contributed by atoms with van der Waals surface area (Å²) < 4.78 is 10.7. The maximum atomic E-state index is 12.1. The average molecular weight is 280 g/mol. The molecule has 1 aromatic carbocycles. The summed E-state index contributed by atoms with van der Waals surface area (Å²) in [5.41, 5.74) is 0.564. The third-order valence-corrected chi connectivity index (χ3v) is 2.85. The van der Waals surface area contributed by atoms with E-state index in [0.29, 0.717) is 30.2 Å². The van der Waals surface area contributed by atoms with Gasteiger partial charge in [0.1, 0.15) is 0 Å². The smallest absolute Gasteiger partial charge is 0.251 e. The molecule has 2 N–H and O–H groups in total. The first-order valence-electron chi connectivity index (χ1n) is 6.94. The monoisotopic (exact) mass is 280 g/mol. The molecular weight excluding hydrogens is 256 g/mol. The van der Waals surface area contributed by atoms with Crippen LogP contribution in [0.25, 0.3) is 0 Å².